The molecule has 1 heterocycles. The molecular weight excluding hydrogens is 607 g/mol. The lowest BCUT2D eigenvalue weighted by molar-refractivity contribution is 0.669. The molecule has 0 radical (unpaired) electrons. The molecule has 0 aliphatic heterocycles. The Hall–Kier alpha value is -6.64. The second kappa shape index (κ2) is 11.5. The van der Waals surface area contributed by atoms with Gasteiger partial charge in [0.2, 0.25) is 0 Å². The van der Waals surface area contributed by atoms with E-state index >= 15 is 0 Å². The molecule has 0 N–H and O–H groups in total. The SMILES string of the molecule is c1ccc(-c2cccc(N(c3ccc(-c4cccc5c4ccc4oc6ccccc6c45)cc3)c3ccc4ccc5ccccc5c4c3)c2)cc1. The quantitative estimate of drug-likeness (QED) is 0.175. The van der Waals surface area contributed by atoms with Gasteiger partial charge in [-0.25, -0.2) is 0 Å². The van der Waals surface area contributed by atoms with Gasteiger partial charge in [0.25, 0.3) is 0 Å². The van der Waals surface area contributed by atoms with Gasteiger partial charge >= 0.3 is 0 Å². The molecule has 234 valence electrons. The van der Waals surface area contributed by atoms with Crippen LogP contribution in [0, 0.1) is 0 Å². The van der Waals surface area contributed by atoms with Gasteiger partial charge in [-0.3, -0.25) is 0 Å². The summed E-state index contributed by atoms with van der Waals surface area (Å²) >= 11 is 0. The summed E-state index contributed by atoms with van der Waals surface area (Å²) in [6.45, 7) is 0. The van der Waals surface area contributed by atoms with Crippen LogP contribution in [0.15, 0.2) is 192 Å². The van der Waals surface area contributed by atoms with Crippen LogP contribution in [0.2, 0.25) is 0 Å². The number of hydrogen-bond acceptors (Lipinski definition) is 2. The Labute approximate surface area is 290 Å². The van der Waals surface area contributed by atoms with Gasteiger partial charge in [-0.05, 0) is 103 Å². The molecule has 0 bridgehead atoms. The lowest BCUT2D eigenvalue weighted by Gasteiger charge is -2.27. The average Bonchev–Trinajstić information content (AvgIpc) is 3.58. The largest absolute Gasteiger partial charge is 0.456 e. The normalized spacial score (nSPS) is 11.6. The van der Waals surface area contributed by atoms with Gasteiger partial charge in [0, 0.05) is 27.8 Å². The van der Waals surface area contributed by atoms with E-state index in [0.717, 1.165) is 33.6 Å². The van der Waals surface area contributed by atoms with Crippen LogP contribution < -0.4 is 4.90 Å². The molecule has 9 aromatic carbocycles. The number of anilines is 3. The van der Waals surface area contributed by atoms with Crippen molar-refractivity contribution in [2.24, 2.45) is 0 Å². The Balaban J connectivity index is 1.13. The number of furan rings is 1. The van der Waals surface area contributed by atoms with Crippen LogP contribution >= 0.6 is 0 Å². The Kier molecular flexibility index (Phi) is 6.53. The molecule has 0 saturated heterocycles. The second-order valence-corrected chi connectivity index (χ2v) is 12.9. The minimum absolute atomic E-state index is 0.919. The van der Waals surface area contributed by atoms with Crippen molar-refractivity contribution in [1.29, 1.82) is 0 Å². The lowest BCUT2D eigenvalue weighted by atomic mass is 9.95. The van der Waals surface area contributed by atoms with Crippen LogP contribution in [0.4, 0.5) is 17.1 Å². The number of benzene rings is 9. The monoisotopic (exact) mass is 637 g/mol. The Morgan fingerprint density at radius 3 is 1.86 bits per heavy atom. The maximum Gasteiger partial charge on any atom is 0.136 e. The van der Waals surface area contributed by atoms with Crippen LogP contribution in [0.5, 0.6) is 0 Å². The second-order valence-electron chi connectivity index (χ2n) is 12.9. The molecule has 2 heteroatoms. The molecule has 10 rings (SSSR count). The maximum atomic E-state index is 6.21. The molecule has 0 saturated carbocycles. The molecule has 0 spiro atoms. The van der Waals surface area contributed by atoms with Crippen LogP contribution in [0.25, 0.3) is 76.5 Å². The van der Waals surface area contributed by atoms with Crippen molar-refractivity contribution in [3.63, 3.8) is 0 Å². The number of fused-ring (bicyclic) bond motifs is 8. The van der Waals surface area contributed by atoms with E-state index in [2.05, 4.69) is 181 Å². The smallest absolute Gasteiger partial charge is 0.136 e. The topological polar surface area (TPSA) is 16.4 Å². The van der Waals surface area contributed by atoms with Gasteiger partial charge in [0.1, 0.15) is 11.2 Å². The summed E-state index contributed by atoms with van der Waals surface area (Å²) in [5.74, 6) is 0. The van der Waals surface area contributed by atoms with Crippen LogP contribution in [0.3, 0.4) is 0 Å². The zero-order valence-corrected chi connectivity index (χ0v) is 27.3. The van der Waals surface area contributed by atoms with Crippen LogP contribution in [-0.4, -0.2) is 0 Å². The van der Waals surface area contributed by atoms with E-state index in [0.29, 0.717) is 0 Å². The van der Waals surface area contributed by atoms with Crippen molar-refractivity contribution in [2.45, 2.75) is 0 Å². The van der Waals surface area contributed by atoms with Gasteiger partial charge in [0.15, 0.2) is 0 Å². The third kappa shape index (κ3) is 4.65. The predicted octanol–water partition coefficient (Wildman–Crippen LogP) is 13.8. The molecule has 0 aliphatic carbocycles. The molecule has 50 heavy (non-hydrogen) atoms. The minimum atomic E-state index is 0.919. The zero-order valence-electron chi connectivity index (χ0n) is 27.3. The molecule has 0 amide bonds. The Morgan fingerprint density at radius 1 is 0.320 bits per heavy atom. The molecular formula is C48H31NO. The fourth-order valence-electron chi connectivity index (χ4n) is 7.65. The van der Waals surface area contributed by atoms with E-state index in [1.807, 2.05) is 12.1 Å². The van der Waals surface area contributed by atoms with E-state index in [1.165, 1.54) is 60.0 Å². The Bertz CT molecular complexity index is 2870. The van der Waals surface area contributed by atoms with Gasteiger partial charge in [-0.1, -0.05) is 140 Å². The zero-order chi connectivity index (χ0) is 33.0. The first-order valence-electron chi connectivity index (χ1n) is 17.1. The first-order chi connectivity index (χ1) is 24.8. The van der Waals surface area contributed by atoms with Gasteiger partial charge in [-0.15, -0.1) is 0 Å². The summed E-state index contributed by atoms with van der Waals surface area (Å²) in [7, 11) is 0. The first-order valence-corrected chi connectivity index (χ1v) is 17.1. The van der Waals surface area contributed by atoms with E-state index < -0.39 is 0 Å². The highest BCUT2D eigenvalue weighted by molar-refractivity contribution is 6.21. The Morgan fingerprint density at radius 2 is 0.980 bits per heavy atom. The fraction of sp³-hybridized carbons (Fsp3) is 0. The number of nitrogens with zero attached hydrogens (tertiary/aromatic N) is 1. The fourth-order valence-corrected chi connectivity index (χ4v) is 7.65. The molecule has 0 atom stereocenters. The summed E-state index contributed by atoms with van der Waals surface area (Å²) in [4.78, 5) is 2.38. The van der Waals surface area contributed by atoms with Gasteiger partial charge in [-0.2, -0.15) is 0 Å². The highest BCUT2D eigenvalue weighted by Crippen LogP contribution is 2.42. The third-order valence-corrected chi connectivity index (χ3v) is 10.0. The third-order valence-electron chi connectivity index (χ3n) is 10.0. The molecule has 0 fully saturated rings. The van der Waals surface area contributed by atoms with Crippen molar-refractivity contribution in [3.8, 4) is 22.3 Å². The maximum absolute atomic E-state index is 6.21. The summed E-state index contributed by atoms with van der Waals surface area (Å²) in [5.41, 5.74) is 9.93. The van der Waals surface area contributed by atoms with Crippen molar-refractivity contribution < 1.29 is 4.42 Å². The standard InChI is InChI=1S/C48H31NO/c1-2-10-32(11-3-1)36-13-8-14-38(30-36)49(39-27-24-35-21-20-33-12-4-5-15-41(33)45(35)31-39)37-25-22-34(23-26-37)40-17-9-18-43-42(40)28-29-47-48(43)44-16-6-7-19-46(44)50-47/h1-31H. The molecule has 2 nitrogen and oxygen atoms in total. The summed E-state index contributed by atoms with van der Waals surface area (Å²) in [6, 6.07) is 67.6. The van der Waals surface area contributed by atoms with Gasteiger partial charge in [0.05, 0.1) is 0 Å². The average molecular weight is 638 g/mol. The number of hydrogen-bond donors (Lipinski definition) is 0. The van der Waals surface area contributed by atoms with Gasteiger partial charge < -0.3 is 9.32 Å². The summed E-state index contributed by atoms with van der Waals surface area (Å²) in [6.07, 6.45) is 0. The van der Waals surface area contributed by atoms with Crippen molar-refractivity contribution in [1.82, 2.24) is 0 Å². The van der Waals surface area contributed by atoms with E-state index in [9.17, 15) is 0 Å². The van der Waals surface area contributed by atoms with Crippen molar-refractivity contribution >= 4 is 71.3 Å². The van der Waals surface area contributed by atoms with E-state index in [4.69, 9.17) is 4.42 Å². The summed E-state index contributed by atoms with van der Waals surface area (Å²) < 4.78 is 6.21. The van der Waals surface area contributed by atoms with Crippen LogP contribution in [-0.2, 0) is 0 Å². The molecule has 0 aliphatic rings. The summed E-state index contributed by atoms with van der Waals surface area (Å²) in [5, 5.41) is 9.73. The number of para-hydroxylation sites is 1. The number of rotatable bonds is 5. The lowest BCUT2D eigenvalue weighted by Crippen LogP contribution is -2.10. The van der Waals surface area contributed by atoms with E-state index in [-0.39, 0.29) is 0 Å². The molecule has 0 unspecified atom stereocenters. The van der Waals surface area contributed by atoms with E-state index in [1.54, 1.807) is 0 Å². The molecule has 1 aromatic heterocycles. The van der Waals surface area contributed by atoms with Crippen molar-refractivity contribution in [3.05, 3.63) is 188 Å². The predicted molar refractivity (Wildman–Crippen MR) is 212 cm³/mol. The van der Waals surface area contributed by atoms with Crippen LogP contribution in [0.1, 0.15) is 0 Å². The highest BCUT2D eigenvalue weighted by Gasteiger charge is 2.17. The minimum Gasteiger partial charge on any atom is -0.456 e. The molecule has 10 aromatic rings. The first kappa shape index (κ1) is 28.4. The highest BCUT2D eigenvalue weighted by atomic mass is 16.3. The van der Waals surface area contributed by atoms with Crippen molar-refractivity contribution in [2.75, 3.05) is 4.90 Å².